The molecule has 0 bridgehead atoms. The number of ether oxygens (including phenoxy) is 1. The second kappa shape index (κ2) is 8.62. The van der Waals surface area contributed by atoms with Crippen molar-refractivity contribution in [3.05, 3.63) is 76.7 Å². The molecule has 3 aromatic rings. The number of anilines is 2. The predicted molar refractivity (Wildman–Crippen MR) is 104 cm³/mol. The number of nitrogens with one attached hydrogen (secondary N) is 2. The van der Waals surface area contributed by atoms with Gasteiger partial charge in [-0.2, -0.15) is 0 Å². The Morgan fingerprint density at radius 2 is 1.67 bits per heavy atom. The van der Waals surface area contributed by atoms with Crippen molar-refractivity contribution in [2.45, 2.75) is 0 Å². The van der Waals surface area contributed by atoms with Crippen LogP contribution in [0.15, 0.2) is 65.3 Å². The second-order valence-electron chi connectivity index (χ2n) is 5.42. The molecule has 1 heterocycles. The SMILES string of the molecule is O=C(COc1ccc(Cl)cc1Cl)Nc1ccc(NC(=O)c2ccco2)cc1. The first-order chi connectivity index (χ1) is 13.0. The first-order valence-electron chi connectivity index (χ1n) is 7.84. The predicted octanol–water partition coefficient (Wildman–Crippen LogP) is 4.86. The first kappa shape index (κ1) is 18.8. The third kappa shape index (κ3) is 5.26. The van der Waals surface area contributed by atoms with E-state index in [1.165, 1.54) is 12.3 Å². The molecule has 0 unspecified atom stereocenters. The van der Waals surface area contributed by atoms with E-state index in [0.29, 0.717) is 27.2 Å². The molecule has 6 nitrogen and oxygen atoms in total. The van der Waals surface area contributed by atoms with Gasteiger partial charge in [-0.05, 0) is 54.6 Å². The lowest BCUT2D eigenvalue weighted by atomic mass is 10.2. The summed E-state index contributed by atoms with van der Waals surface area (Å²) in [6.07, 6.45) is 1.42. The summed E-state index contributed by atoms with van der Waals surface area (Å²) in [5.41, 5.74) is 1.13. The molecule has 8 heteroatoms. The van der Waals surface area contributed by atoms with Gasteiger partial charge in [-0.15, -0.1) is 0 Å². The molecule has 0 aliphatic heterocycles. The average Bonchev–Trinajstić information content (AvgIpc) is 3.17. The smallest absolute Gasteiger partial charge is 0.291 e. The molecule has 3 rings (SSSR count). The van der Waals surface area contributed by atoms with Crippen LogP contribution in [0.1, 0.15) is 10.6 Å². The van der Waals surface area contributed by atoms with Crippen LogP contribution in [-0.2, 0) is 4.79 Å². The van der Waals surface area contributed by atoms with Crippen molar-refractivity contribution in [1.82, 2.24) is 0 Å². The van der Waals surface area contributed by atoms with E-state index in [9.17, 15) is 9.59 Å². The number of carbonyl (C=O) groups is 2. The maximum Gasteiger partial charge on any atom is 0.291 e. The molecule has 2 amide bonds. The maximum absolute atomic E-state index is 12.0. The summed E-state index contributed by atoms with van der Waals surface area (Å²) < 4.78 is 10.4. The molecule has 0 fully saturated rings. The van der Waals surface area contributed by atoms with Crippen LogP contribution in [0.4, 0.5) is 11.4 Å². The standard InChI is InChI=1S/C19H14Cl2N2O4/c20-12-3-8-16(15(21)10-12)27-11-18(24)22-13-4-6-14(7-5-13)23-19(25)17-2-1-9-26-17/h1-10H,11H2,(H,22,24)(H,23,25). The lowest BCUT2D eigenvalue weighted by Crippen LogP contribution is -2.20. The number of amides is 2. The Hall–Kier alpha value is -2.96. The molecule has 2 aromatic carbocycles. The number of halogens is 2. The van der Waals surface area contributed by atoms with E-state index in [1.807, 2.05) is 0 Å². The number of hydrogen-bond acceptors (Lipinski definition) is 4. The van der Waals surface area contributed by atoms with E-state index in [2.05, 4.69) is 10.6 Å². The summed E-state index contributed by atoms with van der Waals surface area (Å²) in [6.45, 7) is -0.210. The van der Waals surface area contributed by atoms with Crippen LogP contribution in [-0.4, -0.2) is 18.4 Å². The Balaban J connectivity index is 1.51. The largest absolute Gasteiger partial charge is 0.482 e. The summed E-state index contributed by atoms with van der Waals surface area (Å²) in [5, 5.41) is 6.18. The highest BCUT2D eigenvalue weighted by atomic mass is 35.5. The van der Waals surface area contributed by atoms with Gasteiger partial charge in [0.15, 0.2) is 12.4 Å². The van der Waals surface area contributed by atoms with E-state index < -0.39 is 0 Å². The summed E-state index contributed by atoms with van der Waals surface area (Å²) in [4.78, 5) is 23.9. The van der Waals surface area contributed by atoms with Gasteiger partial charge in [0, 0.05) is 16.4 Å². The van der Waals surface area contributed by atoms with Crippen molar-refractivity contribution < 1.29 is 18.7 Å². The topological polar surface area (TPSA) is 80.6 Å². The minimum atomic E-state index is -0.356. The summed E-state index contributed by atoms with van der Waals surface area (Å²) >= 11 is 11.8. The fourth-order valence-corrected chi connectivity index (χ4v) is 2.63. The van der Waals surface area contributed by atoms with Crippen molar-refractivity contribution in [1.29, 1.82) is 0 Å². The molecular weight excluding hydrogens is 391 g/mol. The molecule has 27 heavy (non-hydrogen) atoms. The van der Waals surface area contributed by atoms with Gasteiger partial charge in [0.1, 0.15) is 5.75 Å². The van der Waals surface area contributed by atoms with Gasteiger partial charge in [-0.1, -0.05) is 23.2 Å². The summed E-state index contributed by atoms with van der Waals surface area (Å²) in [7, 11) is 0. The van der Waals surface area contributed by atoms with E-state index in [1.54, 1.807) is 48.5 Å². The zero-order chi connectivity index (χ0) is 19.2. The van der Waals surface area contributed by atoms with Gasteiger partial charge in [-0.25, -0.2) is 0 Å². The molecule has 0 aliphatic rings. The van der Waals surface area contributed by atoms with E-state index in [0.717, 1.165) is 0 Å². The third-order valence-corrected chi connectivity index (χ3v) is 3.95. The third-order valence-electron chi connectivity index (χ3n) is 3.42. The molecule has 138 valence electrons. The highest BCUT2D eigenvalue weighted by molar-refractivity contribution is 6.35. The molecule has 0 radical (unpaired) electrons. The molecule has 1 aromatic heterocycles. The number of carbonyl (C=O) groups excluding carboxylic acids is 2. The van der Waals surface area contributed by atoms with E-state index in [4.69, 9.17) is 32.4 Å². The first-order valence-corrected chi connectivity index (χ1v) is 8.59. The van der Waals surface area contributed by atoms with E-state index >= 15 is 0 Å². The highest BCUT2D eigenvalue weighted by Gasteiger charge is 2.10. The summed E-state index contributed by atoms with van der Waals surface area (Å²) in [6, 6.07) is 14.6. The van der Waals surface area contributed by atoms with Gasteiger partial charge >= 0.3 is 0 Å². The molecule has 0 atom stereocenters. The molecule has 0 saturated heterocycles. The van der Waals surface area contributed by atoms with Crippen molar-refractivity contribution >= 4 is 46.4 Å². The van der Waals surface area contributed by atoms with Crippen LogP contribution in [0.25, 0.3) is 0 Å². The van der Waals surface area contributed by atoms with Crippen molar-refractivity contribution in [2.24, 2.45) is 0 Å². The minimum absolute atomic E-state index is 0.210. The number of benzene rings is 2. The average molecular weight is 405 g/mol. The molecule has 0 spiro atoms. The summed E-state index contributed by atoms with van der Waals surface area (Å²) in [5.74, 6) is -0.129. The lowest BCUT2D eigenvalue weighted by molar-refractivity contribution is -0.118. The Labute approximate surface area is 165 Å². The van der Waals surface area contributed by atoms with Crippen molar-refractivity contribution in [3.63, 3.8) is 0 Å². The van der Waals surface area contributed by atoms with Crippen LogP contribution in [0.3, 0.4) is 0 Å². The molecule has 2 N–H and O–H groups in total. The van der Waals surface area contributed by atoms with Crippen LogP contribution < -0.4 is 15.4 Å². The number of hydrogen-bond donors (Lipinski definition) is 2. The zero-order valence-electron chi connectivity index (χ0n) is 13.9. The van der Waals surface area contributed by atoms with Crippen LogP contribution in [0, 0.1) is 0 Å². The number of rotatable bonds is 6. The molecule has 0 saturated carbocycles. The molecular formula is C19H14Cl2N2O4. The monoisotopic (exact) mass is 404 g/mol. The Bertz CT molecular complexity index is 941. The van der Waals surface area contributed by atoms with Gasteiger partial charge in [0.25, 0.3) is 11.8 Å². The maximum atomic E-state index is 12.0. The van der Waals surface area contributed by atoms with Crippen LogP contribution in [0.5, 0.6) is 5.75 Å². The van der Waals surface area contributed by atoms with Crippen LogP contribution in [0.2, 0.25) is 10.0 Å². The Kier molecular flexibility index (Phi) is 6.01. The van der Waals surface area contributed by atoms with Gasteiger partial charge in [0.05, 0.1) is 11.3 Å². The number of furan rings is 1. The second-order valence-corrected chi connectivity index (χ2v) is 6.26. The van der Waals surface area contributed by atoms with Crippen LogP contribution >= 0.6 is 23.2 Å². The lowest BCUT2D eigenvalue weighted by Gasteiger charge is -2.10. The highest BCUT2D eigenvalue weighted by Crippen LogP contribution is 2.27. The zero-order valence-corrected chi connectivity index (χ0v) is 15.4. The fraction of sp³-hybridized carbons (Fsp3) is 0.0526. The molecule has 0 aliphatic carbocycles. The Morgan fingerprint density at radius 3 is 2.30 bits per heavy atom. The minimum Gasteiger partial charge on any atom is -0.482 e. The Morgan fingerprint density at radius 1 is 0.963 bits per heavy atom. The fourth-order valence-electron chi connectivity index (χ4n) is 2.17. The normalized spacial score (nSPS) is 10.3. The van der Waals surface area contributed by atoms with Crippen molar-refractivity contribution in [3.8, 4) is 5.75 Å². The van der Waals surface area contributed by atoms with Gasteiger partial charge in [0.2, 0.25) is 0 Å². The quantitative estimate of drug-likeness (QED) is 0.614. The van der Waals surface area contributed by atoms with Gasteiger partial charge < -0.3 is 19.8 Å². The van der Waals surface area contributed by atoms with E-state index in [-0.39, 0.29) is 24.2 Å². The van der Waals surface area contributed by atoms with Gasteiger partial charge in [-0.3, -0.25) is 9.59 Å². The van der Waals surface area contributed by atoms with Crippen molar-refractivity contribution in [2.75, 3.05) is 17.2 Å².